The van der Waals surface area contributed by atoms with Crippen LogP contribution in [0.4, 0.5) is 0 Å². The molecule has 2 atom stereocenters. The van der Waals surface area contributed by atoms with E-state index in [0.29, 0.717) is 0 Å². The minimum Gasteiger partial charge on any atom is -0.326 e. The lowest BCUT2D eigenvalue weighted by molar-refractivity contribution is 0.191. The third-order valence-corrected chi connectivity index (χ3v) is 3.96. The van der Waals surface area contributed by atoms with Crippen LogP contribution >= 0.6 is 11.6 Å². The van der Waals surface area contributed by atoms with E-state index in [1.54, 1.807) is 0 Å². The SMILES string of the molecule is CC(c1ccccc1Cl)N(C)CC(N)C(C)(C)C. The fraction of sp³-hybridized carbons (Fsp3) is 0.600. The zero-order valence-corrected chi connectivity index (χ0v) is 12.8. The van der Waals surface area contributed by atoms with E-state index in [9.17, 15) is 0 Å². The molecule has 2 N–H and O–H groups in total. The smallest absolute Gasteiger partial charge is 0.0453 e. The maximum atomic E-state index is 6.23. The molecule has 0 saturated heterocycles. The summed E-state index contributed by atoms with van der Waals surface area (Å²) in [7, 11) is 2.10. The third-order valence-electron chi connectivity index (χ3n) is 3.61. The van der Waals surface area contributed by atoms with Gasteiger partial charge >= 0.3 is 0 Å². The highest BCUT2D eigenvalue weighted by Gasteiger charge is 2.24. The van der Waals surface area contributed by atoms with Crippen LogP contribution in [0.3, 0.4) is 0 Å². The summed E-state index contributed by atoms with van der Waals surface area (Å²) >= 11 is 6.23. The Kier molecular flexibility index (Phi) is 5.20. The minimum absolute atomic E-state index is 0.120. The van der Waals surface area contributed by atoms with Gasteiger partial charge in [-0.25, -0.2) is 0 Å². The number of nitrogens with two attached hydrogens (primary N) is 1. The normalized spacial score (nSPS) is 15.8. The number of likely N-dealkylation sites (N-methyl/N-ethyl adjacent to an activating group) is 1. The molecule has 0 bridgehead atoms. The second-order valence-corrected chi connectivity index (χ2v) is 6.52. The molecule has 0 fully saturated rings. The van der Waals surface area contributed by atoms with Gasteiger partial charge in [-0.1, -0.05) is 50.6 Å². The molecule has 3 heteroatoms. The average molecular weight is 269 g/mol. The van der Waals surface area contributed by atoms with Crippen molar-refractivity contribution >= 4 is 11.6 Å². The van der Waals surface area contributed by atoms with Gasteiger partial charge in [-0.15, -0.1) is 0 Å². The van der Waals surface area contributed by atoms with Crippen molar-refractivity contribution in [1.82, 2.24) is 4.90 Å². The zero-order chi connectivity index (χ0) is 13.9. The van der Waals surface area contributed by atoms with Crippen molar-refractivity contribution in [2.45, 2.75) is 39.8 Å². The van der Waals surface area contributed by atoms with Crippen LogP contribution in [0.25, 0.3) is 0 Å². The van der Waals surface area contributed by atoms with Crippen molar-refractivity contribution in [3.8, 4) is 0 Å². The second kappa shape index (κ2) is 6.05. The molecule has 0 amide bonds. The van der Waals surface area contributed by atoms with Gasteiger partial charge in [0.25, 0.3) is 0 Å². The van der Waals surface area contributed by atoms with Crippen LogP contribution in [0.5, 0.6) is 0 Å². The number of benzene rings is 1. The van der Waals surface area contributed by atoms with Crippen LogP contribution < -0.4 is 5.73 Å². The molecule has 0 aromatic heterocycles. The molecule has 1 aromatic carbocycles. The lowest BCUT2D eigenvalue weighted by Crippen LogP contribution is -2.44. The van der Waals surface area contributed by atoms with Crippen LogP contribution in [0, 0.1) is 5.41 Å². The van der Waals surface area contributed by atoms with Gasteiger partial charge in [0.05, 0.1) is 0 Å². The van der Waals surface area contributed by atoms with Crippen LogP contribution in [0.1, 0.15) is 39.3 Å². The van der Waals surface area contributed by atoms with Crippen LogP contribution in [0.15, 0.2) is 24.3 Å². The van der Waals surface area contributed by atoms with Crippen molar-refractivity contribution < 1.29 is 0 Å². The predicted molar refractivity (Wildman–Crippen MR) is 79.9 cm³/mol. The number of halogens is 1. The molecule has 0 aliphatic rings. The molecule has 0 saturated carbocycles. The van der Waals surface area contributed by atoms with Gasteiger partial charge in [0.15, 0.2) is 0 Å². The third kappa shape index (κ3) is 3.98. The molecule has 0 heterocycles. The van der Waals surface area contributed by atoms with E-state index < -0.39 is 0 Å². The summed E-state index contributed by atoms with van der Waals surface area (Å²) in [6.07, 6.45) is 0. The molecule has 0 aliphatic heterocycles. The molecule has 102 valence electrons. The van der Waals surface area contributed by atoms with E-state index in [1.165, 1.54) is 0 Å². The fourth-order valence-electron chi connectivity index (χ4n) is 1.79. The Labute approximate surface area is 116 Å². The van der Waals surface area contributed by atoms with E-state index in [1.807, 2.05) is 18.2 Å². The van der Waals surface area contributed by atoms with Crippen LogP contribution in [-0.4, -0.2) is 24.5 Å². The minimum atomic E-state index is 0.120. The van der Waals surface area contributed by atoms with E-state index in [0.717, 1.165) is 17.1 Å². The van der Waals surface area contributed by atoms with Gasteiger partial charge in [0, 0.05) is 23.7 Å². The summed E-state index contributed by atoms with van der Waals surface area (Å²) in [6.45, 7) is 9.54. The number of hydrogen-bond acceptors (Lipinski definition) is 2. The molecular weight excluding hydrogens is 244 g/mol. The second-order valence-electron chi connectivity index (χ2n) is 6.11. The van der Waals surface area contributed by atoms with Gasteiger partial charge < -0.3 is 5.73 Å². The molecule has 0 spiro atoms. The molecule has 2 unspecified atom stereocenters. The fourth-order valence-corrected chi connectivity index (χ4v) is 2.09. The van der Waals surface area contributed by atoms with Crippen molar-refractivity contribution in [3.05, 3.63) is 34.9 Å². The van der Waals surface area contributed by atoms with Crippen LogP contribution in [-0.2, 0) is 0 Å². The van der Waals surface area contributed by atoms with Gasteiger partial charge in [-0.3, -0.25) is 4.90 Å². The Balaban J connectivity index is 2.73. The molecule has 1 aromatic rings. The average Bonchev–Trinajstić information content (AvgIpc) is 2.27. The van der Waals surface area contributed by atoms with Gasteiger partial charge in [-0.05, 0) is 31.0 Å². The van der Waals surface area contributed by atoms with Crippen molar-refractivity contribution in [2.24, 2.45) is 11.1 Å². The lowest BCUT2D eigenvalue weighted by Gasteiger charge is -2.34. The Morgan fingerprint density at radius 1 is 1.28 bits per heavy atom. The molecule has 0 aliphatic carbocycles. The lowest BCUT2D eigenvalue weighted by atomic mass is 9.87. The number of nitrogens with zero attached hydrogens (tertiary/aromatic N) is 1. The summed E-state index contributed by atoms with van der Waals surface area (Å²) in [6, 6.07) is 8.41. The van der Waals surface area contributed by atoms with E-state index in [4.69, 9.17) is 17.3 Å². The molecule has 1 rings (SSSR count). The number of rotatable bonds is 4. The molecule has 0 radical (unpaired) electrons. The Morgan fingerprint density at radius 2 is 1.83 bits per heavy atom. The van der Waals surface area contributed by atoms with E-state index >= 15 is 0 Å². The standard InChI is InChI=1S/C15H25ClN2/c1-11(12-8-6-7-9-13(12)16)18(5)10-14(17)15(2,3)4/h6-9,11,14H,10,17H2,1-5H3. The van der Waals surface area contributed by atoms with Crippen molar-refractivity contribution in [3.63, 3.8) is 0 Å². The van der Waals surface area contributed by atoms with Crippen molar-refractivity contribution in [2.75, 3.05) is 13.6 Å². The summed E-state index contributed by atoms with van der Waals surface area (Å²) in [5.74, 6) is 0. The first-order valence-electron chi connectivity index (χ1n) is 6.43. The first-order valence-corrected chi connectivity index (χ1v) is 6.81. The van der Waals surface area contributed by atoms with Gasteiger partial charge in [0.1, 0.15) is 0 Å². The Hall–Kier alpha value is -0.570. The first kappa shape index (κ1) is 15.5. The monoisotopic (exact) mass is 268 g/mol. The Morgan fingerprint density at radius 3 is 2.33 bits per heavy atom. The van der Waals surface area contributed by atoms with Gasteiger partial charge in [-0.2, -0.15) is 0 Å². The zero-order valence-electron chi connectivity index (χ0n) is 12.1. The maximum Gasteiger partial charge on any atom is 0.0453 e. The molecular formula is C15H25ClN2. The van der Waals surface area contributed by atoms with Crippen molar-refractivity contribution in [1.29, 1.82) is 0 Å². The quantitative estimate of drug-likeness (QED) is 0.902. The highest BCUT2D eigenvalue weighted by atomic mass is 35.5. The summed E-state index contributed by atoms with van der Waals surface area (Å²) in [4.78, 5) is 2.26. The van der Waals surface area contributed by atoms with E-state index in [2.05, 4.69) is 45.7 Å². The maximum absolute atomic E-state index is 6.23. The predicted octanol–water partition coefficient (Wildman–Crippen LogP) is 3.71. The topological polar surface area (TPSA) is 29.3 Å². The molecule has 18 heavy (non-hydrogen) atoms. The van der Waals surface area contributed by atoms with Crippen LogP contribution in [0.2, 0.25) is 5.02 Å². The largest absolute Gasteiger partial charge is 0.326 e. The van der Waals surface area contributed by atoms with E-state index in [-0.39, 0.29) is 17.5 Å². The summed E-state index contributed by atoms with van der Waals surface area (Å²) in [5, 5.41) is 0.821. The number of hydrogen-bond donors (Lipinski definition) is 1. The first-order chi connectivity index (χ1) is 8.23. The molecule has 2 nitrogen and oxygen atoms in total. The highest BCUT2D eigenvalue weighted by Crippen LogP contribution is 2.27. The summed E-state index contributed by atoms with van der Waals surface area (Å²) in [5.41, 5.74) is 7.51. The van der Waals surface area contributed by atoms with Gasteiger partial charge in [0.2, 0.25) is 0 Å². The Bertz CT molecular complexity index is 384. The summed E-state index contributed by atoms with van der Waals surface area (Å²) < 4.78 is 0. The highest BCUT2D eigenvalue weighted by molar-refractivity contribution is 6.31.